The first-order chi connectivity index (χ1) is 8.16. The van der Waals surface area contributed by atoms with Gasteiger partial charge < -0.3 is 9.84 Å². The lowest BCUT2D eigenvalue weighted by atomic mass is 10.3. The summed E-state index contributed by atoms with van der Waals surface area (Å²) in [6, 6.07) is 12.4. The summed E-state index contributed by atoms with van der Waals surface area (Å²) < 4.78 is 5.35. The van der Waals surface area contributed by atoms with Gasteiger partial charge in [-0.05, 0) is 18.2 Å². The van der Waals surface area contributed by atoms with Crippen LogP contribution >= 0.6 is 0 Å². The summed E-state index contributed by atoms with van der Waals surface area (Å²) in [6.45, 7) is 0. The Balaban J connectivity index is 2.32. The van der Waals surface area contributed by atoms with E-state index in [4.69, 9.17) is 4.74 Å². The fourth-order valence-electron chi connectivity index (χ4n) is 1.31. The molecule has 0 aliphatic rings. The number of phenolic OH excluding ortho intramolecular Hbond substituents is 1. The smallest absolute Gasteiger partial charge is 0.273 e. The van der Waals surface area contributed by atoms with Gasteiger partial charge in [0.25, 0.3) is 5.69 Å². The predicted octanol–water partition coefficient (Wildman–Crippen LogP) is 3.09. The lowest BCUT2D eigenvalue weighted by molar-refractivity contribution is -0.384. The van der Waals surface area contributed by atoms with Crippen molar-refractivity contribution in [3.63, 3.8) is 0 Å². The minimum atomic E-state index is -0.544. The van der Waals surface area contributed by atoms with Crippen molar-refractivity contribution in [1.29, 1.82) is 0 Å². The Hall–Kier alpha value is -2.56. The topological polar surface area (TPSA) is 72.6 Å². The third-order valence-corrected chi connectivity index (χ3v) is 2.13. The molecule has 0 aliphatic carbocycles. The van der Waals surface area contributed by atoms with Gasteiger partial charge in [0.05, 0.1) is 11.0 Å². The Morgan fingerprint density at radius 2 is 1.82 bits per heavy atom. The SMILES string of the molecule is O=[N+]([O-])c1ccc(O)c(Oc2ccccc2)c1. The maximum atomic E-state index is 10.6. The third kappa shape index (κ3) is 2.52. The number of ether oxygens (including phenoxy) is 1. The molecule has 0 spiro atoms. The standard InChI is InChI=1S/C12H9NO4/c14-11-7-6-9(13(15)16)8-12(11)17-10-4-2-1-3-5-10/h1-8,14H. The molecule has 5 heteroatoms. The van der Waals surface area contributed by atoms with Crippen LogP contribution in [-0.4, -0.2) is 10.0 Å². The fraction of sp³-hybridized carbons (Fsp3) is 0. The Bertz CT molecular complexity index is 539. The molecule has 0 amide bonds. The fourth-order valence-corrected chi connectivity index (χ4v) is 1.31. The molecule has 86 valence electrons. The van der Waals surface area contributed by atoms with Crippen LogP contribution in [0.1, 0.15) is 0 Å². The molecule has 0 saturated heterocycles. The zero-order valence-corrected chi connectivity index (χ0v) is 8.74. The lowest BCUT2D eigenvalue weighted by Crippen LogP contribution is -1.90. The summed E-state index contributed by atoms with van der Waals surface area (Å²) in [5.41, 5.74) is -0.131. The van der Waals surface area contributed by atoms with Crippen molar-refractivity contribution in [2.45, 2.75) is 0 Å². The highest BCUT2D eigenvalue weighted by Gasteiger charge is 2.11. The van der Waals surface area contributed by atoms with Gasteiger partial charge in [-0.25, -0.2) is 0 Å². The quantitative estimate of drug-likeness (QED) is 0.650. The molecule has 2 aromatic carbocycles. The first-order valence-corrected chi connectivity index (χ1v) is 4.87. The molecule has 0 atom stereocenters. The molecular weight excluding hydrogens is 222 g/mol. The number of phenols is 1. The number of non-ortho nitro benzene ring substituents is 1. The Labute approximate surface area is 97.0 Å². The molecule has 0 saturated carbocycles. The first-order valence-electron chi connectivity index (χ1n) is 4.87. The zero-order chi connectivity index (χ0) is 12.3. The van der Waals surface area contributed by atoms with Crippen LogP contribution in [0.15, 0.2) is 48.5 Å². The zero-order valence-electron chi connectivity index (χ0n) is 8.74. The molecule has 0 bridgehead atoms. The maximum Gasteiger partial charge on any atom is 0.273 e. The number of nitro groups is 1. The van der Waals surface area contributed by atoms with Crippen LogP contribution in [0, 0.1) is 10.1 Å². The molecule has 0 fully saturated rings. The van der Waals surface area contributed by atoms with E-state index in [-0.39, 0.29) is 17.2 Å². The molecular formula is C12H9NO4. The average molecular weight is 231 g/mol. The van der Waals surface area contributed by atoms with E-state index in [9.17, 15) is 15.2 Å². The number of aromatic hydroxyl groups is 1. The van der Waals surface area contributed by atoms with Crippen LogP contribution in [-0.2, 0) is 0 Å². The largest absolute Gasteiger partial charge is 0.504 e. The summed E-state index contributed by atoms with van der Waals surface area (Å²) >= 11 is 0. The van der Waals surface area contributed by atoms with Crippen molar-refractivity contribution in [3.8, 4) is 17.2 Å². The van der Waals surface area contributed by atoms with Crippen LogP contribution < -0.4 is 4.74 Å². The summed E-state index contributed by atoms with van der Waals surface area (Å²) in [4.78, 5) is 10.0. The van der Waals surface area contributed by atoms with Crippen LogP contribution in [0.25, 0.3) is 0 Å². The minimum absolute atomic E-state index is 0.0606. The Kier molecular flexibility index (Phi) is 2.91. The molecule has 0 radical (unpaired) electrons. The molecule has 0 heterocycles. The third-order valence-electron chi connectivity index (χ3n) is 2.13. The van der Waals surface area contributed by atoms with E-state index in [0.29, 0.717) is 5.75 Å². The van der Waals surface area contributed by atoms with Gasteiger partial charge in [-0.2, -0.15) is 0 Å². The lowest BCUT2D eigenvalue weighted by Gasteiger charge is -2.06. The molecule has 0 aliphatic heterocycles. The number of para-hydroxylation sites is 1. The van der Waals surface area contributed by atoms with Gasteiger partial charge in [-0.15, -0.1) is 0 Å². The molecule has 2 rings (SSSR count). The highest BCUT2D eigenvalue weighted by Crippen LogP contribution is 2.33. The van der Waals surface area contributed by atoms with Crippen molar-refractivity contribution in [3.05, 3.63) is 58.6 Å². The molecule has 0 unspecified atom stereocenters. The van der Waals surface area contributed by atoms with Crippen molar-refractivity contribution in [1.82, 2.24) is 0 Å². The van der Waals surface area contributed by atoms with Crippen molar-refractivity contribution in [2.24, 2.45) is 0 Å². The second kappa shape index (κ2) is 4.52. The molecule has 5 nitrogen and oxygen atoms in total. The number of benzene rings is 2. The number of rotatable bonds is 3. The van der Waals surface area contributed by atoms with Crippen molar-refractivity contribution in [2.75, 3.05) is 0 Å². The van der Waals surface area contributed by atoms with Crippen LogP contribution in [0.5, 0.6) is 17.2 Å². The van der Waals surface area contributed by atoms with E-state index in [1.807, 2.05) is 6.07 Å². The molecule has 17 heavy (non-hydrogen) atoms. The van der Waals surface area contributed by atoms with Gasteiger partial charge in [0.1, 0.15) is 5.75 Å². The molecule has 0 aromatic heterocycles. The van der Waals surface area contributed by atoms with Gasteiger partial charge in [-0.3, -0.25) is 10.1 Å². The van der Waals surface area contributed by atoms with E-state index >= 15 is 0 Å². The normalized spacial score (nSPS) is 9.88. The number of nitrogens with zero attached hydrogens (tertiary/aromatic N) is 1. The monoisotopic (exact) mass is 231 g/mol. The van der Waals surface area contributed by atoms with Crippen LogP contribution in [0.2, 0.25) is 0 Å². The minimum Gasteiger partial charge on any atom is -0.504 e. The van der Waals surface area contributed by atoms with E-state index in [0.717, 1.165) is 0 Å². The second-order valence-corrected chi connectivity index (χ2v) is 3.32. The van der Waals surface area contributed by atoms with E-state index in [1.165, 1.54) is 18.2 Å². The average Bonchev–Trinajstić information content (AvgIpc) is 2.33. The molecule has 2 aromatic rings. The first kappa shape index (κ1) is 10.9. The van der Waals surface area contributed by atoms with Crippen LogP contribution in [0.3, 0.4) is 0 Å². The summed E-state index contributed by atoms with van der Waals surface area (Å²) in [6.07, 6.45) is 0. The summed E-state index contributed by atoms with van der Waals surface area (Å²) in [5.74, 6) is 0.424. The Morgan fingerprint density at radius 1 is 1.12 bits per heavy atom. The summed E-state index contributed by atoms with van der Waals surface area (Å²) in [5, 5.41) is 20.1. The number of nitro benzene ring substituents is 1. The highest BCUT2D eigenvalue weighted by molar-refractivity contribution is 5.49. The van der Waals surface area contributed by atoms with Gasteiger partial charge in [-0.1, -0.05) is 18.2 Å². The van der Waals surface area contributed by atoms with Crippen molar-refractivity contribution >= 4 is 5.69 Å². The van der Waals surface area contributed by atoms with E-state index in [2.05, 4.69) is 0 Å². The predicted molar refractivity (Wildman–Crippen MR) is 61.3 cm³/mol. The van der Waals surface area contributed by atoms with Gasteiger partial charge in [0, 0.05) is 6.07 Å². The van der Waals surface area contributed by atoms with Gasteiger partial charge in [0.15, 0.2) is 11.5 Å². The van der Waals surface area contributed by atoms with Crippen LogP contribution in [0.4, 0.5) is 5.69 Å². The number of hydrogen-bond donors (Lipinski definition) is 1. The van der Waals surface area contributed by atoms with E-state index < -0.39 is 4.92 Å². The highest BCUT2D eigenvalue weighted by atomic mass is 16.6. The second-order valence-electron chi connectivity index (χ2n) is 3.32. The van der Waals surface area contributed by atoms with E-state index in [1.54, 1.807) is 24.3 Å². The van der Waals surface area contributed by atoms with Gasteiger partial charge in [0.2, 0.25) is 0 Å². The van der Waals surface area contributed by atoms with Crippen molar-refractivity contribution < 1.29 is 14.8 Å². The Morgan fingerprint density at radius 3 is 2.47 bits per heavy atom. The molecule has 1 N–H and O–H groups in total. The van der Waals surface area contributed by atoms with Gasteiger partial charge >= 0.3 is 0 Å². The maximum absolute atomic E-state index is 10.6. The summed E-state index contributed by atoms with van der Waals surface area (Å²) in [7, 11) is 0. The number of hydrogen-bond acceptors (Lipinski definition) is 4.